The number of carbonyl (C=O) groups excluding carboxylic acids is 1. The number of hydrogen-bond acceptors (Lipinski definition) is 4. The zero-order valence-corrected chi connectivity index (χ0v) is 18.7. The van der Waals surface area contributed by atoms with Crippen molar-refractivity contribution in [3.05, 3.63) is 92.5 Å². The van der Waals surface area contributed by atoms with Gasteiger partial charge in [0.1, 0.15) is 12.4 Å². The van der Waals surface area contributed by atoms with Crippen LogP contribution in [0.4, 0.5) is 5.69 Å². The number of ether oxygens (including phenoxy) is 1. The molecule has 0 saturated carbocycles. The number of nitrogens with zero attached hydrogens (tertiary/aromatic N) is 1. The highest BCUT2D eigenvalue weighted by molar-refractivity contribution is 7.16. The molecule has 158 valence electrons. The van der Waals surface area contributed by atoms with E-state index in [0.29, 0.717) is 28.6 Å². The van der Waals surface area contributed by atoms with Gasteiger partial charge in [-0.25, -0.2) is 0 Å². The third kappa shape index (κ3) is 4.65. The molecule has 1 heterocycles. The van der Waals surface area contributed by atoms with Gasteiger partial charge in [-0.3, -0.25) is 14.2 Å². The molecule has 5 nitrogen and oxygen atoms in total. The molecular weight excluding hydrogens is 432 g/mol. The van der Waals surface area contributed by atoms with Crippen molar-refractivity contribution in [1.82, 2.24) is 4.57 Å². The van der Waals surface area contributed by atoms with Crippen LogP contribution in [0.5, 0.6) is 5.75 Å². The van der Waals surface area contributed by atoms with E-state index in [1.807, 2.05) is 56.3 Å². The fourth-order valence-corrected chi connectivity index (χ4v) is 4.57. The quantitative estimate of drug-likeness (QED) is 0.383. The van der Waals surface area contributed by atoms with Gasteiger partial charge in [-0.2, -0.15) is 0 Å². The van der Waals surface area contributed by atoms with Crippen LogP contribution in [0, 0.1) is 0 Å². The molecule has 0 atom stereocenters. The SMILES string of the molecule is CC(C)n1c(=O)sc2cc(NC(=O)c3cc(Cl)ccc3OCc3ccccc3)ccc21. The Morgan fingerprint density at radius 3 is 2.61 bits per heavy atom. The molecule has 0 aliphatic carbocycles. The molecule has 0 bridgehead atoms. The number of amides is 1. The number of benzene rings is 3. The topological polar surface area (TPSA) is 60.3 Å². The first-order valence-corrected chi connectivity index (χ1v) is 11.0. The highest BCUT2D eigenvalue weighted by Gasteiger charge is 2.16. The maximum absolute atomic E-state index is 13.0. The summed E-state index contributed by atoms with van der Waals surface area (Å²) in [7, 11) is 0. The standard InChI is InChI=1S/C24H21ClN2O3S/c1-15(2)27-20-10-9-18(13-22(20)31-24(27)29)26-23(28)19-12-17(25)8-11-21(19)30-14-16-6-4-3-5-7-16/h3-13,15H,14H2,1-2H3,(H,26,28). The van der Waals surface area contributed by atoms with Crippen LogP contribution in [0.25, 0.3) is 10.2 Å². The van der Waals surface area contributed by atoms with Gasteiger partial charge < -0.3 is 10.1 Å². The van der Waals surface area contributed by atoms with Crippen molar-refractivity contribution in [1.29, 1.82) is 0 Å². The summed E-state index contributed by atoms with van der Waals surface area (Å²) in [6, 6.07) is 20.2. The van der Waals surface area contributed by atoms with Gasteiger partial charge in [-0.15, -0.1) is 0 Å². The largest absolute Gasteiger partial charge is 0.488 e. The van der Waals surface area contributed by atoms with E-state index < -0.39 is 0 Å². The van der Waals surface area contributed by atoms with E-state index in [4.69, 9.17) is 16.3 Å². The van der Waals surface area contributed by atoms with Crippen LogP contribution in [-0.2, 0) is 6.61 Å². The second-order valence-electron chi connectivity index (χ2n) is 7.38. The van der Waals surface area contributed by atoms with Crippen molar-refractivity contribution < 1.29 is 9.53 Å². The van der Waals surface area contributed by atoms with Crippen molar-refractivity contribution in [2.45, 2.75) is 26.5 Å². The van der Waals surface area contributed by atoms with E-state index in [-0.39, 0.29) is 16.8 Å². The third-order valence-corrected chi connectivity index (χ3v) is 5.96. The molecule has 4 rings (SSSR count). The Morgan fingerprint density at radius 2 is 1.87 bits per heavy atom. The summed E-state index contributed by atoms with van der Waals surface area (Å²) < 4.78 is 8.46. The number of hydrogen-bond donors (Lipinski definition) is 1. The molecule has 1 N–H and O–H groups in total. The summed E-state index contributed by atoms with van der Waals surface area (Å²) in [5, 5.41) is 3.34. The van der Waals surface area contributed by atoms with E-state index in [9.17, 15) is 9.59 Å². The first kappa shape index (κ1) is 21.2. The van der Waals surface area contributed by atoms with Crippen molar-refractivity contribution in [3.8, 4) is 5.75 Å². The van der Waals surface area contributed by atoms with Gasteiger partial charge in [-0.1, -0.05) is 53.3 Å². The monoisotopic (exact) mass is 452 g/mol. The summed E-state index contributed by atoms with van der Waals surface area (Å²) in [5.41, 5.74) is 2.80. The fourth-order valence-electron chi connectivity index (χ4n) is 3.34. The summed E-state index contributed by atoms with van der Waals surface area (Å²) in [6.45, 7) is 4.28. The second kappa shape index (κ2) is 8.96. The number of halogens is 1. The highest BCUT2D eigenvalue weighted by Crippen LogP contribution is 2.27. The molecule has 4 aromatic rings. The van der Waals surface area contributed by atoms with Gasteiger partial charge >= 0.3 is 4.87 Å². The minimum absolute atomic E-state index is 0.0140. The van der Waals surface area contributed by atoms with Gasteiger partial charge in [0.15, 0.2) is 0 Å². The molecule has 0 fully saturated rings. The van der Waals surface area contributed by atoms with Gasteiger partial charge in [0.05, 0.1) is 15.8 Å². The lowest BCUT2D eigenvalue weighted by molar-refractivity contribution is 0.102. The zero-order chi connectivity index (χ0) is 22.0. The molecule has 31 heavy (non-hydrogen) atoms. The van der Waals surface area contributed by atoms with Crippen LogP contribution < -0.4 is 14.9 Å². The molecular formula is C24H21ClN2O3S. The first-order valence-electron chi connectivity index (χ1n) is 9.85. The van der Waals surface area contributed by atoms with Gasteiger partial charge in [0.2, 0.25) is 0 Å². The minimum Gasteiger partial charge on any atom is -0.488 e. The average molecular weight is 453 g/mol. The Labute approximate surface area is 188 Å². The smallest absolute Gasteiger partial charge is 0.308 e. The lowest BCUT2D eigenvalue weighted by atomic mass is 10.1. The number of carbonyl (C=O) groups is 1. The Hall–Kier alpha value is -3.09. The number of rotatable bonds is 6. The van der Waals surface area contributed by atoms with Crippen molar-refractivity contribution in [2.24, 2.45) is 0 Å². The minimum atomic E-state index is -0.333. The average Bonchev–Trinajstić information content (AvgIpc) is 3.08. The van der Waals surface area contributed by atoms with Crippen LogP contribution in [0.1, 0.15) is 35.8 Å². The number of aromatic nitrogens is 1. The summed E-state index contributed by atoms with van der Waals surface area (Å²) >= 11 is 7.30. The van der Waals surface area contributed by atoms with E-state index in [1.165, 1.54) is 11.3 Å². The maximum atomic E-state index is 13.0. The lowest BCUT2D eigenvalue weighted by Gasteiger charge is -2.13. The summed E-state index contributed by atoms with van der Waals surface area (Å²) in [5.74, 6) is 0.114. The van der Waals surface area contributed by atoms with E-state index in [1.54, 1.807) is 28.8 Å². The van der Waals surface area contributed by atoms with Gasteiger partial charge in [-0.05, 0) is 55.8 Å². The van der Waals surface area contributed by atoms with Crippen LogP contribution in [0.2, 0.25) is 5.02 Å². The van der Waals surface area contributed by atoms with Crippen LogP contribution in [-0.4, -0.2) is 10.5 Å². The first-order chi connectivity index (χ1) is 14.9. The van der Waals surface area contributed by atoms with Crippen molar-refractivity contribution in [3.63, 3.8) is 0 Å². The Morgan fingerprint density at radius 1 is 1.10 bits per heavy atom. The van der Waals surface area contributed by atoms with E-state index >= 15 is 0 Å². The number of nitrogens with one attached hydrogen (secondary N) is 1. The summed E-state index contributed by atoms with van der Waals surface area (Å²) in [4.78, 5) is 25.3. The van der Waals surface area contributed by atoms with E-state index in [0.717, 1.165) is 15.8 Å². The lowest BCUT2D eigenvalue weighted by Crippen LogP contribution is -2.15. The molecule has 0 aliphatic rings. The highest BCUT2D eigenvalue weighted by atomic mass is 35.5. The second-order valence-corrected chi connectivity index (χ2v) is 8.81. The van der Waals surface area contributed by atoms with Crippen molar-refractivity contribution >= 4 is 44.7 Å². The van der Waals surface area contributed by atoms with Crippen molar-refractivity contribution in [2.75, 3.05) is 5.32 Å². The maximum Gasteiger partial charge on any atom is 0.308 e. The molecule has 7 heteroatoms. The molecule has 0 radical (unpaired) electrons. The predicted octanol–water partition coefficient (Wildman–Crippen LogP) is 6.13. The molecule has 0 unspecified atom stereocenters. The molecule has 3 aromatic carbocycles. The molecule has 1 aromatic heterocycles. The molecule has 0 spiro atoms. The summed E-state index contributed by atoms with van der Waals surface area (Å²) in [6.07, 6.45) is 0. The molecule has 0 saturated heterocycles. The van der Waals surface area contributed by atoms with Gasteiger partial charge in [0, 0.05) is 16.8 Å². The van der Waals surface area contributed by atoms with Gasteiger partial charge in [0.25, 0.3) is 5.91 Å². The normalized spacial score (nSPS) is 11.1. The Balaban J connectivity index is 1.58. The van der Waals surface area contributed by atoms with Crippen LogP contribution >= 0.6 is 22.9 Å². The predicted molar refractivity (Wildman–Crippen MR) is 127 cm³/mol. The van der Waals surface area contributed by atoms with E-state index in [2.05, 4.69) is 5.32 Å². The number of anilines is 1. The number of thiazole rings is 1. The van der Waals surface area contributed by atoms with Crippen LogP contribution in [0.3, 0.4) is 0 Å². The Kier molecular flexibility index (Phi) is 6.11. The molecule has 0 aliphatic heterocycles. The fraction of sp³-hybridized carbons (Fsp3) is 0.167. The van der Waals surface area contributed by atoms with Crippen LogP contribution in [0.15, 0.2) is 71.5 Å². The zero-order valence-electron chi connectivity index (χ0n) is 17.1. The Bertz CT molecular complexity index is 1300. The number of fused-ring (bicyclic) bond motifs is 1. The third-order valence-electron chi connectivity index (χ3n) is 4.81. The molecule has 1 amide bonds.